The van der Waals surface area contributed by atoms with Crippen LogP contribution in [-0.4, -0.2) is 62.2 Å². The minimum atomic E-state index is 0.00415. The number of benzene rings is 2. The summed E-state index contributed by atoms with van der Waals surface area (Å²) in [5.41, 5.74) is 4.20. The second-order valence-electron chi connectivity index (χ2n) is 8.58. The third-order valence-corrected chi connectivity index (χ3v) is 7.60. The van der Waals surface area contributed by atoms with Crippen molar-refractivity contribution in [1.29, 1.82) is 0 Å². The normalized spacial score (nSPS) is 25.8. The van der Waals surface area contributed by atoms with Crippen LogP contribution in [0.3, 0.4) is 0 Å². The second-order valence-corrected chi connectivity index (χ2v) is 9.26. The highest BCUT2D eigenvalue weighted by atomic mass is 35.5. The summed E-state index contributed by atoms with van der Waals surface area (Å²) in [6, 6.07) is 14.9. The maximum atomic E-state index is 12.9. The molecule has 3 aliphatic heterocycles. The molecule has 1 amide bonds. The number of fused-ring (bicyclic) bond motifs is 3. The van der Waals surface area contributed by atoms with Gasteiger partial charge < -0.3 is 5.32 Å². The minimum absolute atomic E-state index is 0.00415. The first kappa shape index (κ1) is 20.7. The Balaban J connectivity index is 1.45. The Morgan fingerprint density at radius 2 is 1.76 bits per heavy atom. The fourth-order valence-electron chi connectivity index (χ4n) is 4.71. The molecule has 3 saturated heterocycles. The molecular formula is C23H29Cl2N3O+2. The van der Waals surface area contributed by atoms with Crippen LogP contribution in [0.5, 0.6) is 0 Å². The lowest BCUT2D eigenvalue weighted by Gasteiger charge is -2.54. The molecule has 3 fully saturated rings. The van der Waals surface area contributed by atoms with E-state index in [1.54, 1.807) is 0 Å². The van der Waals surface area contributed by atoms with E-state index in [0.717, 1.165) is 76.4 Å². The third-order valence-electron chi connectivity index (χ3n) is 6.86. The predicted octanol–water partition coefficient (Wildman–Crippen LogP) is 3.97. The van der Waals surface area contributed by atoms with Crippen molar-refractivity contribution in [2.75, 3.05) is 51.8 Å². The van der Waals surface area contributed by atoms with E-state index in [1.807, 2.05) is 31.2 Å². The number of carbonyl (C=O) groups excluding carboxylic acids is 1. The Kier molecular flexibility index (Phi) is 5.90. The van der Waals surface area contributed by atoms with Crippen LogP contribution < -0.4 is 9.80 Å². The number of piperazine rings is 3. The van der Waals surface area contributed by atoms with Gasteiger partial charge in [-0.2, -0.15) is 0 Å². The fourth-order valence-corrected chi connectivity index (χ4v) is 5.28. The number of amides is 1. The van der Waals surface area contributed by atoms with Gasteiger partial charge >= 0.3 is 0 Å². The molecule has 6 heteroatoms. The molecule has 154 valence electrons. The predicted molar refractivity (Wildman–Crippen MR) is 121 cm³/mol. The van der Waals surface area contributed by atoms with Crippen LogP contribution in [0.2, 0.25) is 5.02 Å². The molecule has 2 aromatic rings. The van der Waals surface area contributed by atoms with Crippen molar-refractivity contribution in [3.8, 4) is 0 Å². The smallest absolute Gasteiger partial charge is 0.251 e. The fraction of sp³-hybridized carbons (Fsp3) is 0.435. The summed E-state index contributed by atoms with van der Waals surface area (Å²) in [6.45, 7) is 9.29. The lowest BCUT2D eigenvalue weighted by atomic mass is 10.0. The molecule has 2 bridgehead atoms. The maximum absolute atomic E-state index is 12.9. The molecule has 0 saturated carbocycles. The van der Waals surface area contributed by atoms with Crippen LogP contribution in [-0.2, 0) is 6.42 Å². The summed E-state index contributed by atoms with van der Waals surface area (Å²) in [5.74, 6) is 0.00415. The first-order chi connectivity index (χ1) is 14.0. The van der Waals surface area contributed by atoms with Gasteiger partial charge in [0.05, 0.1) is 0 Å². The van der Waals surface area contributed by atoms with Crippen molar-refractivity contribution in [2.45, 2.75) is 13.3 Å². The molecule has 2 aromatic carbocycles. The van der Waals surface area contributed by atoms with Gasteiger partial charge in [-0.15, -0.1) is 0 Å². The Morgan fingerprint density at radius 1 is 1.03 bits per heavy atom. The third kappa shape index (κ3) is 4.17. The number of hydrogen-bond donors (Lipinski definition) is 1. The summed E-state index contributed by atoms with van der Waals surface area (Å²) < 4.78 is 2.03. The average molecular weight is 434 g/mol. The van der Waals surface area contributed by atoms with E-state index in [1.165, 1.54) is 5.69 Å². The van der Waals surface area contributed by atoms with Gasteiger partial charge in [0.25, 0.3) is 5.91 Å². The quantitative estimate of drug-likeness (QED) is 0.416. The molecule has 5 rings (SSSR count). The van der Waals surface area contributed by atoms with Crippen LogP contribution >= 0.6 is 23.2 Å². The van der Waals surface area contributed by atoms with Gasteiger partial charge in [-0.1, -0.05) is 41.4 Å². The van der Waals surface area contributed by atoms with Gasteiger partial charge in [-0.3, -0.25) is 13.8 Å². The largest absolute Gasteiger partial charge is 0.352 e. The highest BCUT2D eigenvalue weighted by Gasteiger charge is 2.49. The van der Waals surface area contributed by atoms with E-state index in [4.69, 9.17) is 23.2 Å². The van der Waals surface area contributed by atoms with Gasteiger partial charge in [0.2, 0.25) is 0 Å². The first-order valence-corrected chi connectivity index (χ1v) is 11.3. The molecule has 1 N–H and O–H groups in total. The lowest BCUT2D eigenvalue weighted by molar-refractivity contribution is -0.930. The Morgan fingerprint density at radius 3 is 2.41 bits per heavy atom. The summed E-state index contributed by atoms with van der Waals surface area (Å²) in [4.78, 5) is 12.9. The number of halogens is 2. The molecule has 0 radical (unpaired) electrons. The zero-order valence-corrected chi connectivity index (χ0v) is 18.5. The number of nitrogens with one attached hydrogen (secondary N) is 1. The van der Waals surface area contributed by atoms with E-state index < -0.39 is 0 Å². The molecule has 0 aromatic heterocycles. The van der Waals surface area contributed by atoms with E-state index in [2.05, 4.69) is 23.5 Å². The van der Waals surface area contributed by atoms with Gasteiger partial charge in [0, 0.05) is 23.2 Å². The SMILES string of the molecule is Cc1ccc([N+]23CC[N+](CCl)(CC2)CC3)cc1C(=O)NCCc1cccc(Cl)c1. The highest BCUT2D eigenvalue weighted by Crippen LogP contribution is 2.34. The van der Waals surface area contributed by atoms with E-state index in [0.29, 0.717) is 12.5 Å². The van der Waals surface area contributed by atoms with Gasteiger partial charge in [-0.25, -0.2) is 0 Å². The van der Waals surface area contributed by atoms with Gasteiger partial charge in [0.1, 0.15) is 45.0 Å². The Bertz CT molecular complexity index is 890. The van der Waals surface area contributed by atoms with Gasteiger partial charge in [-0.05, 0) is 42.7 Å². The molecule has 0 unspecified atom stereocenters. The van der Waals surface area contributed by atoms with E-state index >= 15 is 0 Å². The standard InChI is InChI=1S/C23H28Cl2N3O/c1-18-5-6-21(28-12-9-27(17-24,10-13-28)11-14-28)16-22(18)23(29)26-8-7-19-3-2-4-20(25)15-19/h2-6,15-16H,7-14,17H2,1H3/q+1/p+1. The Hall–Kier alpha value is -1.59. The number of carbonyl (C=O) groups is 1. The van der Waals surface area contributed by atoms with Crippen molar-refractivity contribution in [1.82, 2.24) is 9.80 Å². The molecule has 0 atom stereocenters. The van der Waals surface area contributed by atoms with E-state index in [9.17, 15) is 4.79 Å². The first-order valence-electron chi connectivity index (χ1n) is 10.4. The van der Waals surface area contributed by atoms with Crippen molar-refractivity contribution < 1.29 is 9.28 Å². The summed E-state index contributed by atoms with van der Waals surface area (Å²) in [5, 5.41) is 3.81. The molecule has 29 heavy (non-hydrogen) atoms. The Labute approximate surface area is 183 Å². The average Bonchev–Trinajstić information content (AvgIpc) is 2.75. The van der Waals surface area contributed by atoms with E-state index in [-0.39, 0.29) is 5.91 Å². The molecule has 0 spiro atoms. The number of rotatable bonds is 6. The van der Waals surface area contributed by atoms with Crippen LogP contribution in [0.25, 0.3) is 0 Å². The van der Waals surface area contributed by atoms with Crippen molar-refractivity contribution in [2.24, 2.45) is 0 Å². The van der Waals surface area contributed by atoms with Crippen molar-refractivity contribution in [3.05, 3.63) is 64.2 Å². The highest BCUT2D eigenvalue weighted by molar-refractivity contribution is 6.30. The number of alkyl halides is 1. The maximum Gasteiger partial charge on any atom is 0.251 e. The molecule has 4 nitrogen and oxygen atoms in total. The van der Waals surface area contributed by atoms with Crippen LogP contribution in [0.1, 0.15) is 21.5 Å². The van der Waals surface area contributed by atoms with Crippen LogP contribution in [0.4, 0.5) is 5.69 Å². The number of aryl methyl sites for hydroxylation is 1. The van der Waals surface area contributed by atoms with Crippen LogP contribution in [0, 0.1) is 6.92 Å². The second kappa shape index (κ2) is 8.27. The monoisotopic (exact) mass is 433 g/mol. The molecule has 3 heterocycles. The van der Waals surface area contributed by atoms with Crippen molar-refractivity contribution in [3.63, 3.8) is 0 Å². The summed E-state index contributed by atoms with van der Waals surface area (Å²) in [6.07, 6.45) is 0.767. The summed E-state index contributed by atoms with van der Waals surface area (Å²) >= 11 is 12.3. The number of nitrogens with zero attached hydrogens (tertiary/aromatic N) is 2. The minimum Gasteiger partial charge on any atom is -0.352 e. The van der Waals surface area contributed by atoms with Gasteiger partial charge in [0.15, 0.2) is 6.00 Å². The number of hydrogen-bond acceptors (Lipinski definition) is 1. The summed E-state index contributed by atoms with van der Waals surface area (Å²) in [7, 11) is 0. The molecule has 3 aliphatic rings. The zero-order chi connectivity index (χ0) is 20.5. The topological polar surface area (TPSA) is 29.1 Å². The van der Waals surface area contributed by atoms with Crippen molar-refractivity contribution >= 4 is 34.8 Å². The van der Waals surface area contributed by atoms with Crippen LogP contribution in [0.15, 0.2) is 42.5 Å². The molecule has 0 aliphatic carbocycles. The number of quaternary nitrogens is 2. The molecular weight excluding hydrogens is 405 g/mol. The lowest BCUT2D eigenvalue weighted by Crippen LogP contribution is -2.75. The zero-order valence-electron chi connectivity index (χ0n) is 17.0.